The largest absolute Gasteiger partial charge is 0.497 e. The van der Waals surface area contributed by atoms with Crippen LogP contribution in [0.5, 0.6) is 5.75 Å². The minimum Gasteiger partial charge on any atom is -0.497 e. The molecule has 3 aromatic carbocycles. The van der Waals surface area contributed by atoms with Crippen LogP contribution < -0.4 is 9.30 Å². The van der Waals surface area contributed by atoms with Gasteiger partial charge in [-0.3, -0.25) is 0 Å². The summed E-state index contributed by atoms with van der Waals surface area (Å²) < 4.78 is 10.3. The lowest BCUT2D eigenvalue weighted by molar-refractivity contribution is -0.643. The Morgan fingerprint density at radius 3 is 2.57 bits per heavy atom. The number of aryl methyl sites for hydroxylation is 3. The second kappa shape index (κ2) is 5.14. The molecule has 0 bridgehead atoms. The Hall–Kier alpha value is -3.33. The molecule has 0 N–H and O–H groups in total. The zero-order valence-electron chi connectivity index (χ0n) is 16.5. The zero-order valence-corrected chi connectivity index (χ0v) is 16.5. The van der Waals surface area contributed by atoms with Crippen molar-refractivity contribution in [2.75, 3.05) is 7.11 Å². The van der Waals surface area contributed by atoms with Crippen molar-refractivity contribution in [3.05, 3.63) is 65.9 Å². The van der Waals surface area contributed by atoms with Gasteiger partial charge in [-0.2, -0.15) is 0 Å². The van der Waals surface area contributed by atoms with Crippen LogP contribution in [0.1, 0.15) is 11.1 Å². The van der Waals surface area contributed by atoms with Gasteiger partial charge in [-0.25, -0.2) is 4.57 Å². The molecular formula is C25H21N2O+. The van der Waals surface area contributed by atoms with Crippen LogP contribution in [0.15, 0.2) is 54.7 Å². The molecule has 6 rings (SSSR count). The van der Waals surface area contributed by atoms with E-state index in [1.807, 2.05) is 0 Å². The second-order valence-corrected chi connectivity index (χ2v) is 7.82. The van der Waals surface area contributed by atoms with Gasteiger partial charge in [0.15, 0.2) is 6.20 Å². The van der Waals surface area contributed by atoms with Crippen molar-refractivity contribution in [2.45, 2.75) is 13.8 Å². The molecule has 0 aliphatic rings. The first-order valence-electron chi connectivity index (χ1n) is 9.64. The van der Waals surface area contributed by atoms with Crippen molar-refractivity contribution in [1.29, 1.82) is 0 Å². The Morgan fingerprint density at radius 2 is 1.75 bits per heavy atom. The highest BCUT2D eigenvalue weighted by Gasteiger charge is 2.24. The number of benzene rings is 3. The van der Waals surface area contributed by atoms with Gasteiger partial charge in [0.2, 0.25) is 5.52 Å². The monoisotopic (exact) mass is 365 g/mol. The Kier molecular flexibility index (Phi) is 2.88. The maximum Gasteiger partial charge on any atom is 0.224 e. The van der Waals surface area contributed by atoms with Gasteiger partial charge < -0.3 is 9.14 Å². The summed E-state index contributed by atoms with van der Waals surface area (Å²) in [6.45, 7) is 4.47. The molecule has 3 nitrogen and oxygen atoms in total. The van der Waals surface area contributed by atoms with Gasteiger partial charge in [0.25, 0.3) is 0 Å². The van der Waals surface area contributed by atoms with Crippen LogP contribution in [-0.4, -0.2) is 11.5 Å². The lowest BCUT2D eigenvalue weighted by Gasteiger charge is -2.13. The summed E-state index contributed by atoms with van der Waals surface area (Å²) in [6, 6.07) is 17.6. The molecule has 136 valence electrons. The van der Waals surface area contributed by atoms with Crippen LogP contribution in [0.25, 0.3) is 49.0 Å². The second-order valence-electron chi connectivity index (χ2n) is 7.82. The van der Waals surface area contributed by atoms with E-state index in [0.29, 0.717) is 0 Å². The summed E-state index contributed by atoms with van der Waals surface area (Å²) in [5.74, 6) is 0.895. The molecule has 0 saturated heterocycles. The highest BCUT2D eigenvalue weighted by molar-refractivity contribution is 6.26. The number of rotatable bonds is 1. The molecule has 0 spiro atoms. The average Bonchev–Trinajstić information content (AvgIpc) is 3.03. The van der Waals surface area contributed by atoms with Crippen molar-refractivity contribution in [2.24, 2.45) is 7.05 Å². The summed E-state index contributed by atoms with van der Waals surface area (Å²) in [5, 5.41) is 6.48. The van der Waals surface area contributed by atoms with Crippen LogP contribution in [0.4, 0.5) is 0 Å². The lowest BCUT2D eigenvalue weighted by Crippen LogP contribution is -2.29. The third-order valence-corrected chi connectivity index (χ3v) is 6.40. The predicted octanol–water partition coefficient (Wildman–Crippen LogP) is 5.44. The van der Waals surface area contributed by atoms with Gasteiger partial charge in [0.1, 0.15) is 12.8 Å². The van der Waals surface area contributed by atoms with E-state index in [1.54, 1.807) is 7.11 Å². The highest BCUT2D eigenvalue weighted by atomic mass is 16.5. The molecule has 0 aliphatic carbocycles. The molecule has 28 heavy (non-hydrogen) atoms. The summed E-state index contributed by atoms with van der Waals surface area (Å²) in [5.41, 5.74) is 7.76. The highest BCUT2D eigenvalue weighted by Crippen LogP contribution is 2.42. The van der Waals surface area contributed by atoms with Crippen molar-refractivity contribution in [3.63, 3.8) is 0 Å². The first-order chi connectivity index (χ1) is 13.6. The minimum absolute atomic E-state index is 0.895. The van der Waals surface area contributed by atoms with E-state index in [4.69, 9.17) is 4.74 Å². The van der Waals surface area contributed by atoms with Crippen molar-refractivity contribution < 1.29 is 9.30 Å². The van der Waals surface area contributed by atoms with Gasteiger partial charge in [-0.15, -0.1) is 0 Å². The first kappa shape index (κ1) is 15.7. The summed E-state index contributed by atoms with van der Waals surface area (Å²) in [7, 11) is 3.89. The van der Waals surface area contributed by atoms with Crippen LogP contribution >= 0.6 is 0 Å². The Balaban J connectivity index is 2.10. The maximum absolute atomic E-state index is 5.54. The number of fused-ring (bicyclic) bond motifs is 5. The van der Waals surface area contributed by atoms with Gasteiger partial charge in [0, 0.05) is 16.8 Å². The van der Waals surface area contributed by atoms with Crippen LogP contribution in [0.3, 0.4) is 0 Å². The molecule has 3 heteroatoms. The van der Waals surface area contributed by atoms with E-state index in [0.717, 1.165) is 5.75 Å². The molecule has 0 fully saturated rings. The van der Waals surface area contributed by atoms with E-state index in [1.165, 1.54) is 60.1 Å². The molecule has 0 amide bonds. The standard InChI is InChI=1S/C25H21N2O/c1-14-12-19-18-13-17(28-4)8-9-20(18)27-21-7-5-6-16-10-11-26(3)25(23(16)21)22(15(14)2)24(19)27/h5-13H,1-4H3/q+1. The van der Waals surface area contributed by atoms with Gasteiger partial charge in [-0.1, -0.05) is 12.1 Å². The number of aromatic nitrogens is 2. The minimum atomic E-state index is 0.895. The Labute approximate surface area is 162 Å². The predicted molar refractivity (Wildman–Crippen MR) is 116 cm³/mol. The fraction of sp³-hybridized carbons (Fsp3) is 0.160. The Morgan fingerprint density at radius 1 is 0.893 bits per heavy atom. The summed E-state index contributed by atoms with van der Waals surface area (Å²) in [6.07, 6.45) is 2.18. The molecule has 0 saturated carbocycles. The number of ether oxygens (including phenoxy) is 1. The van der Waals surface area contributed by atoms with Crippen LogP contribution in [-0.2, 0) is 7.05 Å². The van der Waals surface area contributed by atoms with E-state index in [-0.39, 0.29) is 0 Å². The fourth-order valence-electron chi connectivity index (χ4n) is 4.94. The zero-order chi connectivity index (χ0) is 19.2. The number of hydrogen-bond acceptors (Lipinski definition) is 1. The SMILES string of the molecule is COc1ccc2c(c1)c1cc(C)c(C)c3c1n2c1cccc2cc[n+](C)c3c21. The topological polar surface area (TPSA) is 17.5 Å². The van der Waals surface area contributed by atoms with Crippen LogP contribution in [0, 0.1) is 13.8 Å². The molecule has 6 aromatic rings. The number of hydrogen-bond donors (Lipinski definition) is 0. The maximum atomic E-state index is 5.54. The molecular weight excluding hydrogens is 344 g/mol. The average molecular weight is 365 g/mol. The van der Waals surface area contributed by atoms with Crippen molar-refractivity contribution in [1.82, 2.24) is 4.40 Å². The summed E-state index contributed by atoms with van der Waals surface area (Å²) in [4.78, 5) is 0. The van der Waals surface area contributed by atoms with E-state index in [2.05, 4.69) is 84.6 Å². The van der Waals surface area contributed by atoms with E-state index >= 15 is 0 Å². The molecule has 0 aliphatic heterocycles. The Bertz CT molecular complexity index is 1570. The van der Waals surface area contributed by atoms with Gasteiger partial charge in [-0.05, 0) is 60.7 Å². The quantitative estimate of drug-likeness (QED) is 0.215. The van der Waals surface area contributed by atoms with E-state index in [9.17, 15) is 0 Å². The molecule has 0 unspecified atom stereocenters. The van der Waals surface area contributed by atoms with Gasteiger partial charge in [0.05, 0.1) is 34.4 Å². The van der Waals surface area contributed by atoms with Crippen molar-refractivity contribution in [3.8, 4) is 5.75 Å². The third-order valence-electron chi connectivity index (χ3n) is 6.40. The molecule has 3 heterocycles. The fourth-order valence-corrected chi connectivity index (χ4v) is 4.94. The third kappa shape index (κ3) is 1.72. The normalized spacial score (nSPS) is 12.3. The number of pyridine rings is 2. The van der Waals surface area contributed by atoms with E-state index < -0.39 is 0 Å². The first-order valence-corrected chi connectivity index (χ1v) is 9.64. The molecule has 3 aromatic heterocycles. The smallest absolute Gasteiger partial charge is 0.224 e. The van der Waals surface area contributed by atoms with Gasteiger partial charge >= 0.3 is 0 Å². The number of nitrogens with zero attached hydrogens (tertiary/aromatic N) is 2. The van der Waals surface area contributed by atoms with Crippen LogP contribution in [0.2, 0.25) is 0 Å². The molecule has 0 atom stereocenters. The molecule has 0 radical (unpaired) electrons. The lowest BCUT2D eigenvalue weighted by atomic mass is 9.96. The van der Waals surface area contributed by atoms with Crippen molar-refractivity contribution >= 4 is 49.0 Å². The summed E-state index contributed by atoms with van der Waals surface area (Å²) >= 11 is 0. The number of methoxy groups -OCH3 is 1.